The van der Waals surface area contributed by atoms with Gasteiger partial charge in [-0.3, -0.25) is 0 Å². The van der Waals surface area contributed by atoms with Crippen LogP contribution in [0.1, 0.15) is 0 Å². The van der Waals surface area contributed by atoms with Crippen LogP contribution in [0.4, 0.5) is 0 Å². The molecule has 0 aromatic rings. The number of hydrogen-bond acceptors (Lipinski definition) is 2. The van der Waals surface area contributed by atoms with E-state index in [1.807, 2.05) is 0 Å². The van der Waals surface area contributed by atoms with Crippen LogP contribution < -0.4 is 0 Å². The number of rotatable bonds is 0. The van der Waals surface area contributed by atoms with Crippen molar-refractivity contribution in [1.29, 1.82) is 0 Å². The minimum Gasteiger partial charge on any atom is -0.412 e. The maximum atomic E-state index is 8.88. The zero-order chi connectivity index (χ0) is 9.00. The van der Waals surface area contributed by atoms with Crippen molar-refractivity contribution < 1.29 is 95.2 Å². The van der Waals surface area contributed by atoms with Crippen molar-refractivity contribution in [1.82, 2.24) is 0 Å². The molecule has 0 aliphatic heterocycles. The summed E-state index contributed by atoms with van der Waals surface area (Å²) in [7, 11) is -9.28. The third-order valence-corrected chi connectivity index (χ3v) is 0. The predicted molar refractivity (Wildman–Crippen MR) is 32.1 cm³/mol. The summed E-state index contributed by atoms with van der Waals surface area (Å²) in [6.07, 6.45) is 0. The van der Waals surface area contributed by atoms with Gasteiger partial charge < -0.3 is 34.8 Å². The topological polar surface area (TPSA) is 187 Å². The largest absolute Gasteiger partial charge is 0.466 e. The SMILES string of the molecule is O.O=P(O)(O)O.O=P(O)(O)O.[Cu].[Cu].[Cu]. The normalized spacial score (nSPS) is 8.43. The molecule has 8 N–H and O–H groups in total. The van der Waals surface area contributed by atoms with Gasteiger partial charge in [-0.15, -0.1) is 0 Å². The van der Waals surface area contributed by atoms with Crippen LogP contribution in [0.25, 0.3) is 0 Å². The molecule has 0 aromatic heterocycles. The van der Waals surface area contributed by atoms with Crippen molar-refractivity contribution in [2.75, 3.05) is 0 Å². The van der Waals surface area contributed by atoms with Crippen LogP contribution in [0.15, 0.2) is 0 Å². The number of hydrogen-bond donors (Lipinski definition) is 6. The Labute approximate surface area is 111 Å². The molecule has 9 nitrogen and oxygen atoms in total. The Morgan fingerprint density at radius 3 is 0.571 bits per heavy atom. The van der Waals surface area contributed by atoms with Crippen molar-refractivity contribution in [3.05, 3.63) is 0 Å². The molecule has 0 saturated carbocycles. The van der Waals surface area contributed by atoms with Gasteiger partial charge in [-0.1, -0.05) is 0 Å². The van der Waals surface area contributed by atoms with E-state index >= 15 is 0 Å². The first-order valence-corrected chi connectivity index (χ1v) is 4.70. The molecule has 105 valence electrons. The molecule has 0 unspecified atom stereocenters. The van der Waals surface area contributed by atoms with Crippen LogP contribution in [-0.2, 0) is 60.3 Å². The average molecular weight is 405 g/mol. The summed E-state index contributed by atoms with van der Waals surface area (Å²) in [5, 5.41) is 0. The quantitative estimate of drug-likeness (QED) is 0.186. The van der Waals surface area contributed by atoms with E-state index in [1.54, 1.807) is 0 Å². The van der Waals surface area contributed by atoms with Crippen molar-refractivity contribution in [2.45, 2.75) is 0 Å². The molecule has 0 aliphatic rings. The minimum atomic E-state index is -4.64. The molecule has 0 aliphatic carbocycles. The summed E-state index contributed by atoms with van der Waals surface area (Å²) in [5.74, 6) is 0. The van der Waals surface area contributed by atoms with Crippen molar-refractivity contribution in [3.63, 3.8) is 0 Å². The third kappa shape index (κ3) is 738. The maximum absolute atomic E-state index is 8.88. The predicted octanol–water partition coefficient (Wildman–Crippen LogP) is -2.69. The van der Waals surface area contributed by atoms with Crippen LogP contribution in [0.5, 0.6) is 0 Å². The van der Waals surface area contributed by atoms with Gasteiger partial charge in [0, 0.05) is 51.2 Å². The van der Waals surface area contributed by atoms with Crippen molar-refractivity contribution in [3.8, 4) is 0 Å². The van der Waals surface area contributed by atoms with E-state index in [1.165, 1.54) is 0 Å². The van der Waals surface area contributed by atoms with E-state index in [4.69, 9.17) is 38.5 Å². The van der Waals surface area contributed by atoms with Crippen LogP contribution >= 0.6 is 15.6 Å². The average Bonchev–Trinajstić information content (AvgIpc) is 1.12. The fourth-order valence-electron chi connectivity index (χ4n) is 0. The van der Waals surface area contributed by atoms with Crippen LogP contribution in [0.2, 0.25) is 0 Å². The molecule has 0 atom stereocenters. The maximum Gasteiger partial charge on any atom is 0.466 e. The molecular formula is H8Cu3O9P2. The molecule has 0 bridgehead atoms. The van der Waals surface area contributed by atoms with Gasteiger partial charge in [0.1, 0.15) is 0 Å². The molecule has 14 heavy (non-hydrogen) atoms. The molecule has 0 amide bonds. The Hall–Kier alpha value is 1.74. The second kappa shape index (κ2) is 14.7. The van der Waals surface area contributed by atoms with E-state index in [0.717, 1.165) is 0 Å². The van der Waals surface area contributed by atoms with Crippen LogP contribution in [0.3, 0.4) is 0 Å². The molecule has 0 rings (SSSR count). The van der Waals surface area contributed by atoms with Crippen LogP contribution in [-0.4, -0.2) is 34.8 Å². The molecule has 14 heteroatoms. The second-order valence-electron chi connectivity index (χ2n) is 1.03. The molecule has 0 saturated heterocycles. The van der Waals surface area contributed by atoms with Crippen molar-refractivity contribution >= 4 is 15.6 Å². The molecule has 0 spiro atoms. The van der Waals surface area contributed by atoms with E-state index < -0.39 is 15.6 Å². The first kappa shape index (κ1) is 36.0. The summed E-state index contributed by atoms with van der Waals surface area (Å²) in [6, 6.07) is 0. The van der Waals surface area contributed by atoms with E-state index in [0.29, 0.717) is 0 Å². The zero-order valence-corrected chi connectivity index (χ0v) is 10.4. The first-order chi connectivity index (χ1) is 4.00. The van der Waals surface area contributed by atoms with Gasteiger partial charge in [-0.25, -0.2) is 9.13 Å². The minimum absolute atomic E-state index is 0. The van der Waals surface area contributed by atoms with Crippen LogP contribution in [0, 0.1) is 0 Å². The second-order valence-corrected chi connectivity index (χ2v) is 3.08. The zero-order valence-electron chi connectivity index (χ0n) is 5.80. The van der Waals surface area contributed by atoms with Gasteiger partial charge in [0.05, 0.1) is 0 Å². The fraction of sp³-hybridized carbons (Fsp3) is 0. The Morgan fingerprint density at radius 2 is 0.571 bits per heavy atom. The van der Waals surface area contributed by atoms with E-state index in [2.05, 4.69) is 0 Å². The molecule has 3 radical (unpaired) electrons. The fourth-order valence-corrected chi connectivity index (χ4v) is 0. The van der Waals surface area contributed by atoms with E-state index in [-0.39, 0.29) is 56.7 Å². The third-order valence-electron chi connectivity index (χ3n) is 0. The van der Waals surface area contributed by atoms with E-state index in [9.17, 15) is 0 Å². The van der Waals surface area contributed by atoms with Gasteiger partial charge in [0.15, 0.2) is 0 Å². The molecular weight excluding hydrogens is 397 g/mol. The summed E-state index contributed by atoms with van der Waals surface area (Å²) >= 11 is 0. The summed E-state index contributed by atoms with van der Waals surface area (Å²) in [4.78, 5) is 43.1. The van der Waals surface area contributed by atoms with Gasteiger partial charge in [-0.2, -0.15) is 0 Å². The van der Waals surface area contributed by atoms with Gasteiger partial charge >= 0.3 is 15.6 Å². The standard InChI is InChI=1S/3Cu.2H3O4P.H2O/c;;;2*1-5(2,3)4;/h;;;2*(H3,1,2,3,4);1H2. The summed E-state index contributed by atoms with van der Waals surface area (Å²) in [5.41, 5.74) is 0. The van der Waals surface area contributed by atoms with Gasteiger partial charge in [-0.05, 0) is 0 Å². The van der Waals surface area contributed by atoms with Gasteiger partial charge in [0.25, 0.3) is 0 Å². The van der Waals surface area contributed by atoms with Crippen molar-refractivity contribution in [2.24, 2.45) is 0 Å². The Kier molecular flexibility index (Phi) is 37.9. The summed E-state index contributed by atoms with van der Waals surface area (Å²) in [6.45, 7) is 0. The Balaban J connectivity index is -0.0000000178. The Morgan fingerprint density at radius 1 is 0.571 bits per heavy atom. The monoisotopic (exact) mass is 403 g/mol. The molecule has 0 fully saturated rings. The smallest absolute Gasteiger partial charge is 0.412 e. The number of phosphoric acid groups is 2. The summed E-state index contributed by atoms with van der Waals surface area (Å²) < 4.78 is 17.8. The first-order valence-electron chi connectivity index (χ1n) is 1.57. The molecule has 0 heterocycles. The Bertz CT molecular complexity index is 130. The molecule has 0 aromatic carbocycles. The van der Waals surface area contributed by atoms with Gasteiger partial charge in [0.2, 0.25) is 0 Å².